The van der Waals surface area contributed by atoms with Gasteiger partial charge in [0.25, 0.3) is 5.69 Å². The molecule has 0 saturated carbocycles. The summed E-state index contributed by atoms with van der Waals surface area (Å²) in [6, 6.07) is 5.32. The Morgan fingerprint density at radius 3 is 2.94 bits per heavy atom. The number of hydrogen-bond donors (Lipinski definition) is 0. The van der Waals surface area contributed by atoms with Gasteiger partial charge in [0.1, 0.15) is 5.69 Å². The molecule has 6 heteroatoms. The van der Waals surface area contributed by atoms with E-state index in [0.29, 0.717) is 18.9 Å². The van der Waals surface area contributed by atoms with Gasteiger partial charge < -0.3 is 9.64 Å². The van der Waals surface area contributed by atoms with Crippen LogP contribution in [0.15, 0.2) is 18.2 Å². The van der Waals surface area contributed by atoms with Gasteiger partial charge in [-0.15, -0.1) is 11.6 Å². The Morgan fingerprint density at radius 1 is 1.61 bits per heavy atom. The maximum Gasteiger partial charge on any atom is 0.292 e. The number of alkyl halides is 1. The lowest BCUT2D eigenvalue weighted by atomic mass is 10.1. The molecule has 0 spiro atoms. The molecule has 18 heavy (non-hydrogen) atoms. The number of nitro benzene ring substituents is 1. The number of hydrogen-bond acceptors (Lipinski definition) is 4. The van der Waals surface area contributed by atoms with E-state index in [1.54, 1.807) is 6.07 Å². The fourth-order valence-corrected chi connectivity index (χ4v) is 2.29. The summed E-state index contributed by atoms with van der Waals surface area (Å²) in [6.07, 6.45) is 0.894. The Hall–Kier alpha value is -1.33. The molecule has 1 aliphatic rings. The highest BCUT2D eigenvalue weighted by Gasteiger charge is 2.25. The molecular weight excluding hydrogens is 256 g/mol. The van der Waals surface area contributed by atoms with Gasteiger partial charge in [0.05, 0.1) is 17.6 Å². The number of anilines is 1. The van der Waals surface area contributed by atoms with Gasteiger partial charge in [-0.1, -0.05) is 6.07 Å². The summed E-state index contributed by atoms with van der Waals surface area (Å²) >= 11 is 5.71. The predicted octanol–water partition coefficient (Wildman–Crippen LogP) is 2.56. The molecule has 1 aromatic rings. The molecule has 0 bridgehead atoms. The maximum absolute atomic E-state index is 11.1. The fourth-order valence-electron chi connectivity index (χ4n) is 2.12. The second kappa shape index (κ2) is 5.54. The van der Waals surface area contributed by atoms with Crippen molar-refractivity contribution in [2.75, 3.05) is 25.2 Å². The molecule has 2 rings (SSSR count). The van der Waals surface area contributed by atoms with E-state index in [2.05, 4.69) is 0 Å². The zero-order chi connectivity index (χ0) is 13.1. The van der Waals surface area contributed by atoms with Gasteiger partial charge in [0, 0.05) is 25.6 Å². The molecular formula is C12H15ClN2O3. The first-order chi connectivity index (χ1) is 8.63. The van der Waals surface area contributed by atoms with Crippen molar-refractivity contribution < 1.29 is 9.66 Å². The highest BCUT2D eigenvalue weighted by molar-refractivity contribution is 6.17. The van der Waals surface area contributed by atoms with Gasteiger partial charge in [0.15, 0.2) is 0 Å². The largest absolute Gasteiger partial charge is 0.379 e. The van der Waals surface area contributed by atoms with E-state index in [0.717, 1.165) is 12.0 Å². The summed E-state index contributed by atoms with van der Waals surface area (Å²) < 4.78 is 5.31. The van der Waals surface area contributed by atoms with E-state index in [4.69, 9.17) is 16.3 Å². The van der Waals surface area contributed by atoms with Crippen LogP contribution >= 0.6 is 11.6 Å². The minimum Gasteiger partial charge on any atom is -0.379 e. The first-order valence-electron chi connectivity index (χ1n) is 5.77. The second-order valence-electron chi connectivity index (χ2n) is 4.34. The first kappa shape index (κ1) is 13.1. The standard InChI is InChI=1S/C12H15ClN2O3/c1-14(10-4-5-18-8-10)11-3-2-9(7-13)6-12(11)15(16)17/h2-3,6,10H,4-5,7-8H2,1H3. The molecule has 1 aliphatic heterocycles. The summed E-state index contributed by atoms with van der Waals surface area (Å²) in [5.74, 6) is 0.275. The van der Waals surface area contributed by atoms with Crippen LogP contribution in [0.25, 0.3) is 0 Å². The number of benzene rings is 1. The molecule has 1 atom stereocenters. The molecule has 1 saturated heterocycles. The smallest absolute Gasteiger partial charge is 0.292 e. The molecule has 0 radical (unpaired) electrons. The third-order valence-corrected chi connectivity index (χ3v) is 3.53. The van der Waals surface area contributed by atoms with Gasteiger partial charge in [0.2, 0.25) is 0 Å². The minimum atomic E-state index is -0.363. The molecule has 0 amide bonds. The van der Waals surface area contributed by atoms with Crippen LogP contribution in [0.3, 0.4) is 0 Å². The molecule has 1 heterocycles. The van der Waals surface area contributed by atoms with Crippen molar-refractivity contribution in [1.29, 1.82) is 0 Å². The van der Waals surface area contributed by atoms with Crippen LogP contribution in [-0.4, -0.2) is 31.2 Å². The van der Waals surface area contributed by atoms with Crippen LogP contribution in [-0.2, 0) is 10.6 Å². The number of ether oxygens (including phenoxy) is 1. The molecule has 5 nitrogen and oxygen atoms in total. The number of nitro groups is 1. The summed E-state index contributed by atoms with van der Waals surface area (Å²) in [4.78, 5) is 12.7. The fraction of sp³-hybridized carbons (Fsp3) is 0.500. The predicted molar refractivity (Wildman–Crippen MR) is 70.3 cm³/mol. The van der Waals surface area contributed by atoms with Gasteiger partial charge in [-0.2, -0.15) is 0 Å². The van der Waals surface area contributed by atoms with Crippen LogP contribution in [0.2, 0.25) is 0 Å². The lowest BCUT2D eigenvalue weighted by Gasteiger charge is -2.25. The normalized spacial score (nSPS) is 18.9. The number of likely N-dealkylation sites (N-methyl/N-ethyl adjacent to an activating group) is 1. The van der Waals surface area contributed by atoms with Crippen LogP contribution < -0.4 is 4.90 Å². The average Bonchev–Trinajstić information content (AvgIpc) is 2.91. The highest BCUT2D eigenvalue weighted by atomic mass is 35.5. The summed E-state index contributed by atoms with van der Waals surface area (Å²) in [5.41, 5.74) is 1.47. The maximum atomic E-state index is 11.1. The third kappa shape index (κ3) is 2.57. The van der Waals surface area contributed by atoms with Crippen molar-refractivity contribution in [1.82, 2.24) is 0 Å². The van der Waals surface area contributed by atoms with E-state index in [-0.39, 0.29) is 22.5 Å². The summed E-state index contributed by atoms with van der Waals surface area (Å²) in [7, 11) is 1.86. The van der Waals surface area contributed by atoms with E-state index in [9.17, 15) is 10.1 Å². The van der Waals surface area contributed by atoms with Crippen molar-refractivity contribution in [2.45, 2.75) is 18.3 Å². The average molecular weight is 271 g/mol. The zero-order valence-electron chi connectivity index (χ0n) is 10.1. The molecule has 0 aromatic heterocycles. The van der Waals surface area contributed by atoms with Crippen molar-refractivity contribution in [3.63, 3.8) is 0 Å². The quantitative estimate of drug-likeness (QED) is 0.479. The first-order valence-corrected chi connectivity index (χ1v) is 6.30. The molecule has 0 aliphatic carbocycles. The highest BCUT2D eigenvalue weighted by Crippen LogP contribution is 2.31. The SMILES string of the molecule is CN(c1ccc(CCl)cc1[N+](=O)[O-])C1CCOC1. The van der Waals surface area contributed by atoms with Crippen molar-refractivity contribution in [3.05, 3.63) is 33.9 Å². The number of rotatable bonds is 4. The molecule has 1 fully saturated rings. The molecule has 0 N–H and O–H groups in total. The Bertz CT molecular complexity index is 447. The van der Waals surface area contributed by atoms with Gasteiger partial charge >= 0.3 is 0 Å². The van der Waals surface area contributed by atoms with Gasteiger partial charge in [-0.3, -0.25) is 10.1 Å². The van der Waals surface area contributed by atoms with Crippen LogP contribution in [0, 0.1) is 10.1 Å². The van der Waals surface area contributed by atoms with Crippen LogP contribution in [0.5, 0.6) is 0 Å². The minimum absolute atomic E-state index is 0.0996. The van der Waals surface area contributed by atoms with Crippen molar-refractivity contribution in [3.8, 4) is 0 Å². The van der Waals surface area contributed by atoms with E-state index in [1.165, 1.54) is 6.07 Å². The number of nitrogens with zero attached hydrogens (tertiary/aromatic N) is 2. The molecule has 98 valence electrons. The lowest BCUT2D eigenvalue weighted by molar-refractivity contribution is -0.384. The summed E-state index contributed by atoms with van der Waals surface area (Å²) in [5, 5.41) is 11.1. The van der Waals surface area contributed by atoms with Crippen molar-refractivity contribution >= 4 is 23.0 Å². The van der Waals surface area contributed by atoms with Crippen molar-refractivity contribution in [2.24, 2.45) is 0 Å². The Balaban J connectivity index is 2.33. The molecule has 1 aromatic carbocycles. The van der Waals surface area contributed by atoms with E-state index < -0.39 is 0 Å². The number of halogens is 1. The van der Waals surface area contributed by atoms with Gasteiger partial charge in [-0.25, -0.2) is 0 Å². The Morgan fingerprint density at radius 2 is 2.39 bits per heavy atom. The second-order valence-corrected chi connectivity index (χ2v) is 4.61. The van der Waals surface area contributed by atoms with Crippen LogP contribution in [0.1, 0.15) is 12.0 Å². The lowest BCUT2D eigenvalue weighted by Crippen LogP contribution is -2.32. The Kier molecular flexibility index (Phi) is 4.04. The van der Waals surface area contributed by atoms with E-state index in [1.807, 2.05) is 18.0 Å². The zero-order valence-corrected chi connectivity index (χ0v) is 10.9. The Labute approximate surface area is 110 Å². The third-order valence-electron chi connectivity index (χ3n) is 3.22. The summed E-state index contributed by atoms with van der Waals surface area (Å²) in [6.45, 7) is 1.33. The van der Waals surface area contributed by atoms with E-state index >= 15 is 0 Å². The topological polar surface area (TPSA) is 55.6 Å². The molecule has 1 unspecified atom stereocenters. The monoisotopic (exact) mass is 270 g/mol. The van der Waals surface area contributed by atoms with Crippen LogP contribution in [0.4, 0.5) is 11.4 Å². The van der Waals surface area contributed by atoms with Gasteiger partial charge in [-0.05, 0) is 18.1 Å².